The number of hydrogen-bond acceptors (Lipinski definition) is 4. The molecule has 0 unspecified atom stereocenters. The Morgan fingerprint density at radius 1 is 0.955 bits per heavy atom. The van der Waals surface area contributed by atoms with E-state index in [4.69, 9.17) is 14.2 Å². The normalized spacial score (nSPS) is 10.1. The van der Waals surface area contributed by atoms with Gasteiger partial charge >= 0.3 is 5.97 Å². The average Bonchev–Trinajstić information content (AvgIpc) is 2.58. The van der Waals surface area contributed by atoms with Crippen molar-refractivity contribution in [1.29, 1.82) is 0 Å². The molecule has 116 valence electrons. The Morgan fingerprint density at radius 2 is 1.59 bits per heavy atom. The number of hydrogen-bond donors (Lipinski definition) is 0. The summed E-state index contributed by atoms with van der Waals surface area (Å²) >= 11 is 0. The van der Waals surface area contributed by atoms with Crippen LogP contribution < -0.4 is 9.47 Å². The molecule has 0 saturated carbocycles. The lowest BCUT2D eigenvalue weighted by molar-refractivity contribution is -0.147. The van der Waals surface area contributed by atoms with E-state index >= 15 is 0 Å². The Morgan fingerprint density at radius 3 is 2.27 bits per heavy atom. The van der Waals surface area contributed by atoms with Crippen LogP contribution in [0.3, 0.4) is 0 Å². The topological polar surface area (TPSA) is 44.8 Å². The predicted octanol–water partition coefficient (Wildman–Crippen LogP) is 3.38. The number of aryl methyl sites for hydroxylation is 1. The van der Waals surface area contributed by atoms with Gasteiger partial charge in [0.05, 0.1) is 7.11 Å². The van der Waals surface area contributed by atoms with E-state index in [2.05, 4.69) is 0 Å². The van der Waals surface area contributed by atoms with E-state index in [1.807, 2.05) is 55.5 Å². The minimum absolute atomic E-state index is 0.105. The Bertz CT molecular complexity index is 568. The summed E-state index contributed by atoms with van der Waals surface area (Å²) in [6.45, 7) is 2.11. The standard InChI is InChI=1S/C18H20O4/c1-3-14-8-4-7-11-17(14)21-13-18(19)22-12-15-9-5-6-10-16(15)20-2/h4-11H,3,12-13H2,1-2H3. The Labute approximate surface area is 130 Å². The summed E-state index contributed by atoms with van der Waals surface area (Å²) < 4.78 is 16.0. The molecule has 0 N–H and O–H groups in total. The van der Waals surface area contributed by atoms with Gasteiger partial charge in [0.15, 0.2) is 6.61 Å². The molecular formula is C18H20O4. The van der Waals surface area contributed by atoms with Crippen molar-refractivity contribution in [2.75, 3.05) is 13.7 Å². The van der Waals surface area contributed by atoms with Crippen molar-refractivity contribution >= 4 is 5.97 Å². The summed E-state index contributed by atoms with van der Waals surface area (Å²) in [5, 5.41) is 0. The van der Waals surface area contributed by atoms with Gasteiger partial charge in [-0.15, -0.1) is 0 Å². The van der Waals surface area contributed by atoms with Crippen LogP contribution in [-0.2, 0) is 22.6 Å². The summed E-state index contributed by atoms with van der Waals surface area (Å²) in [5.41, 5.74) is 1.90. The van der Waals surface area contributed by atoms with Crippen LogP contribution in [0.25, 0.3) is 0 Å². The zero-order valence-electron chi connectivity index (χ0n) is 12.9. The third-order valence-corrected chi connectivity index (χ3v) is 3.28. The van der Waals surface area contributed by atoms with Crippen molar-refractivity contribution in [2.24, 2.45) is 0 Å². The minimum atomic E-state index is -0.406. The van der Waals surface area contributed by atoms with E-state index in [1.165, 1.54) is 0 Å². The van der Waals surface area contributed by atoms with E-state index in [9.17, 15) is 4.79 Å². The molecule has 2 aromatic rings. The molecular weight excluding hydrogens is 280 g/mol. The lowest BCUT2D eigenvalue weighted by Crippen LogP contribution is -2.15. The second-order valence-corrected chi connectivity index (χ2v) is 4.72. The van der Waals surface area contributed by atoms with Crippen LogP contribution in [0.4, 0.5) is 0 Å². The first kappa shape index (κ1) is 15.9. The molecule has 0 amide bonds. The molecule has 0 aromatic heterocycles. The largest absolute Gasteiger partial charge is 0.496 e. The molecule has 0 saturated heterocycles. The number of carbonyl (C=O) groups is 1. The van der Waals surface area contributed by atoms with E-state index in [0.717, 1.165) is 23.3 Å². The minimum Gasteiger partial charge on any atom is -0.496 e. The van der Waals surface area contributed by atoms with E-state index in [-0.39, 0.29) is 13.2 Å². The summed E-state index contributed by atoms with van der Waals surface area (Å²) in [6, 6.07) is 15.1. The highest BCUT2D eigenvalue weighted by Crippen LogP contribution is 2.19. The van der Waals surface area contributed by atoms with Crippen LogP contribution in [0.5, 0.6) is 11.5 Å². The second kappa shape index (κ2) is 8.08. The number of benzene rings is 2. The number of rotatable bonds is 7. The van der Waals surface area contributed by atoms with Gasteiger partial charge in [-0.3, -0.25) is 0 Å². The Kier molecular flexibility index (Phi) is 5.83. The molecule has 0 atom stereocenters. The molecule has 0 spiro atoms. The number of ether oxygens (including phenoxy) is 3. The second-order valence-electron chi connectivity index (χ2n) is 4.72. The maximum Gasteiger partial charge on any atom is 0.344 e. The molecule has 0 radical (unpaired) electrons. The van der Waals surface area contributed by atoms with Gasteiger partial charge < -0.3 is 14.2 Å². The van der Waals surface area contributed by atoms with Gasteiger partial charge in [0.25, 0.3) is 0 Å². The fourth-order valence-electron chi connectivity index (χ4n) is 2.10. The summed E-state index contributed by atoms with van der Waals surface area (Å²) in [5.74, 6) is 1.02. The lowest BCUT2D eigenvalue weighted by Gasteiger charge is -2.11. The van der Waals surface area contributed by atoms with E-state index in [0.29, 0.717) is 5.75 Å². The van der Waals surface area contributed by atoms with Gasteiger partial charge in [0.2, 0.25) is 0 Å². The van der Waals surface area contributed by atoms with Crippen LogP contribution in [0.15, 0.2) is 48.5 Å². The lowest BCUT2D eigenvalue weighted by atomic mass is 10.1. The molecule has 22 heavy (non-hydrogen) atoms. The summed E-state index contributed by atoms with van der Waals surface area (Å²) in [7, 11) is 1.59. The zero-order valence-corrected chi connectivity index (χ0v) is 12.9. The van der Waals surface area contributed by atoms with E-state index < -0.39 is 5.97 Å². The summed E-state index contributed by atoms with van der Waals surface area (Å²) in [4.78, 5) is 11.8. The number of methoxy groups -OCH3 is 1. The van der Waals surface area contributed by atoms with Crippen LogP contribution in [0.2, 0.25) is 0 Å². The number of carbonyl (C=O) groups excluding carboxylic acids is 1. The average molecular weight is 300 g/mol. The number of esters is 1. The Hall–Kier alpha value is -2.49. The zero-order chi connectivity index (χ0) is 15.8. The van der Waals surface area contributed by atoms with Crippen LogP contribution in [0, 0.1) is 0 Å². The van der Waals surface area contributed by atoms with Gasteiger partial charge in [-0.2, -0.15) is 0 Å². The van der Waals surface area contributed by atoms with Crippen molar-refractivity contribution in [3.8, 4) is 11.5 Å². The Balaban J connectivity index is 1.86. The van der Waals surface area contributed by atoms with Gasteiger partial charge in [0.1, 0.15) is 18.1 Å². The van der Waals surface area contributed by atoms with Gasteiger partial charge in [-0.1, -0.05) is 43.3 Å². The van der Waals surface area contributed by atoms with Crippen molar-refractivity contribution < 1.29 is 19.0 Å². The van der Waals surface area contributed by atoms with Crippen molar-refractivity contribution in [3.05, 3.63) is 59.7 Å². The molecule has 2 rings (SSSR count). The maximum atomic E-state index is 11.8. The first-order valence-electron chi connectivity index (χ1n) is 7.22. The number of para-hydroxylation sites is 2. The first-order chi connectivity index (χ1) is 10.7. The first-order valence-corrected chi connectivity index (χ1v) is 7.22. The molecule has 4 heteroatoms. The highest BCUT2D eigenvalue weighted by molar-refractivity contribution is 5.71. The fraction of sp³-hybridized carbons (Fsp3) is 0.278. The highest BCUT2D eigenvalue weighted by Gasteiger charge is 2.09. The van der Waals surface area contributed by atoms with Crippen LogP contribution in [0.1, 0.15) is 18.1 Å². The molecule has 4 nitrogen and oxygen atoms in total. The van der Waals surface area contributed by atoms with Gasteiger partial charge in [0, 0.05) is 5.56 Å². The molecule has 0 aliphatic rings. The van der Waals surface area contributed by atoms with E-state index in [1.54, 1.807) is 7.11 Å². The maximum absolute atomic E-state index is 11.8. The third kappa shape index (κ3) is 4.25. The molecule has 0 aliphatic heterocycles. The quantitative estimate of drug-likeness (QED) is 0.735. The molecule has 0 heterocycles. The third-order valence-electron chi connectivity index (χ3n) is 3.28. The molecule has 0 bridgehead atoms. The van der Waals surface area contributed by atoms with Gasteiger partial charge in [-0.25, -0.2) is 4.79 Å². The molecule has 0 fully saturated rings. The van der Waals surface area contributed by atoms with Crippen molar-refractivity contribution in [3.63, 3.8) is 0 Å². The predicted molar refractivity (Wildman–Crippen MR) is 84.1 cm³/mol. The van der Waals surface area contributed by atoms with Crippen molar-refractivity contribution in [2.45, 2.75) is 20.0 Å². The molecule has 2 aromatic carbocycles. The van der Waals surface area contributed by atoms with Crippen LogP contribution in [-0.4, -0.2) is 19.7 Å². The highest BCUT2D eigenvalue weighted by atomic mass is 16.6. The van der Waals surface area contributed by atoms with Gasteiger partial charge in [-0.05, 0) is 24.1 Å². The molecule has 0 aliphatic carbocycles. The SMILES string of the molecule is CCc1ccccc1OCC(=O)OCc1ccccc1OC. The smallest absolute Gasteiger partial charge is 0.344 e. The fourth-order valence-corrected chi connectivity index (χ4v) is 2.10. The monoisotopic (exact) mass is 300 g/mol. The van der Waals surface area contributed by atoms with Crippen molar-refractivity contribution in [1.82, 2.24) is 0 Å². The summed E-state index contributed by atoms with van der Waals surface area (Å²) in [6.07, 6.45) is 0.854. The van der Waals surface area contributed by atoms with Crippen LogP contribution >= 0.6 is 0 Å².